The molecule has 1 aromatic carbocycles. The van der Waals surface area contributed by atoms with Gasteiger partial charge in [0.15, 0.2) is 0 Å². The fraction of sp³-hybridized carbons (Fsp3) is 0.467. The number of hydrogen-bond acceptors (Lipinski definition) is 5. The summed E-state index contributed by atoms with van der Waals surface area (Å²) in [4.78, 5) is 22.4. The van der Waals surface area contributed by atoms with E-state index in [4.69, 9.17) is 9.84 Å². The number of aliphatic carboxylic acids is 1. The minimum Gasteiger partial charge on any atom is -0.481 e. The normalized spacial score (nSPS) is 15.8. The van der Waals surface area contributed by atoms with Crippen molar-refractivity contribution in [2.45, 2.75) is 17.7 Å². The van der Waals surface area contributed by atoms with Crippen molar-refractivity contribution in [3.63, 3.8) is 0 Å². The molecule has 0 atom stereocenters. The molecule has 0 aromatic heterocycles. The van der Waals surface area contributed by atoms with Crippen LogP contribution in [0.25, 0.3) is 0 Å². The molecular weight excluding hydrogens is 336 g/mol. The zero-order valence-electron chi connectivity index (χ0n) is 13.1. The Morgan fingerprint density at radius 3 is 2.38 bits per heavy atom. The Labute approximate surface area is 140 Å². The first-order valence-electron chi connectivity index (χ1n) is 7.59. The number of ether oxygens (including phenoxy) is 1. The molecule has 8 nitrogen and oxygen atoms in total. The third kappa shape index (κ3) is 4.76. The van der Waals surface area contributed by atoms with Crippen LogP contribution in [0.2, 0.25) is 0 Å². The molecule has 24 heavy (non-hydrogen) atoms. The number of sulfonamides is 1. The summed E-state index contributed by atoms with van der Waals surface area (Å²) in [5.74, 6) is -1.28. The summed E-state index contributed by atoms with van der Waals surface area (Å²) in [5, 5.41) is 11.1. The van der Waals surface area contributed by atoms with Crippen molar-refractivity contribution in [2.24, 2.45) is 0 Å². The molecule has 0 saturated carbocycles. The van der Waals surface area contributed by atoms with E-state index in [0.717, 1.165) is 0 Å². The first kappa shape index (κ1) is 18.4. The van der Waals surface area contributed by atoms with Gasteiger partial charge in [-0.3, -0.25) is 9.59 Å². The van der Waals surface area contributed by atoms with Gasteiger partial charge in [0.2, 0.25) is 10.0 Å². The van der Waals surface area contributed by atoms with Crippen molar-refractivity contribution in [3.8, 4) is 0 Å². The van der Waals surface area contributed by atoms with Gasteiger partial charge in [-0.1, -0.05) is 0 Å². The van der Waals surface area contributed by atoms with E-state index >= 15 is 0 Å². The lowest BCUT2D eigenvalue weighted by molar-refractivity contribution is -0.137. The Kier molecular flexibility index (Phi) is 6.29. The highest BCUT2D eigenvalue weighted by Crippen LogP contribution is 2.17. The minimum absolute atomic E-state index is 0.0169. The summed E-state index contributed by atoms with van der Waals surface area (Å²) in [6.45, 7) is 1.62. The molecule has 0 aliphatic carbocycles. The van der Waals surface area contributed by atoms with Gasteiger partial charge in [0.1, 0.15) is 0 Å². The van der Waals surface area contributed by atoms with Crippen LogP contribution in [0.3, 0.4) is 0 Å². The zero-order chi connectivity index (χ0) is 17.6. The zero-order valence-corrected chi connectivity index (χ0v) is 13.9. The van der Waals surface area contributed by atoms with E-state index in [1.165, 1.54) is 28.6 Å². The number of carbonyl (C=O) groups excluding carboxylic acids is 1. The molecule has 1 saturated heterocycles. The van der Waals surface area contributed by atoms with Gasteiger partial charge in [-0.05, 0) is 30.7 Å². The van der Waals surface area contributed by atoms with Crippen LogP contribution in [0.5, 0.6) is 0 Å². The molecule has 0 bridgehead atoms. The number of benzene rings is 1. The maximum absolute atomic E-state index is 12.5. The molecular formula is C15H20N2O6S. The van der Waals surface area contributed by atoms with Crippen LogP contribution in [0, 0.1) is 0 Å². The highest BCUT2D eigenvalue weighted by molar-refractivity contribution is 7.89. The first-order valence-corrected chi connectivity index (χ1v) is 9.03. The van der Waals surface area contributed by atoms with Crippen molar-refractivity contribution in [3.05, 3.63) is 29.8 Å². The lowest BCUT2D eigenvalue weighted by Crippen LogP contribution is -2.40. The maximum Gasteiger partial charge on any atom is 0.303 e. The summed E-state index contributed by atoms with van der Waals surface area (Å²) in [6, 6.07) is 5.69. The first-order chi connectivity index (χ1) is 11.4. The minimum atomic E-state index is -3.58. The third-order valence-electron chi connectivity index (χ3n) is 3.58. The van der Waals surface area contributed by atoms with Crippen molar-refractivity contribution < 1.29 is 27.9 Å². The van der Waals surface area contributed by atoms with Crippen LogP contribution in [-0.2, 0) is 19.6 Å². The van der Waals surface area contributed by atoms with Crippen LogP contribution < -0.4 is 5.32 Å². The van der Waals surface area contributed by atoms with Gasteiger partial charge in [-0.15, -0.1) is 0 Å². The van der Waals surface area contributed by atoms with E-state index in [1.807, 2.05) is 0 Å². The van der Waals surface area contributed by atoms with E-state index in [9.17, 15) is 18.0 Å². The number of amides is 1. The van der Waals surface area contributed by atoms with Crippen LogP contribution >= 0.6 is 0 Å². The summed E-state index contributed by atoms with van der Waals surface area (Å²) in [6.07, 6.45) is 0.321. The van der Waals surface area contributed by atoms with Gasteiger partial charge in [0, 0.05) is 31.6 Å². The largest absolute Gasteiger partial charge is 0.481 e. The van der Waals surface area contributed by atoms with E-state index in [-0.39, 0.29) is 23.8 Å². The van der Waals surface area contributed by atoms with Gasteiger partial charge in [-0.2, -0.15) is 4.31 Å². The number of nitrogens with zero attached hydrogens (tertiary/aromatic N) is 1. The average Bonchev–Trinajstić information content (AvgIpc) is 2.59. The molecule has 2 rings (SSSR count). The quantitative estimate of drug-likeness (QED) is 0.680. The molecule has 0 unspecified atom stereocenters. The molecule has 0 spiro atoms. The average molecular weight is 356 g/mol. The third-order valence-corrected chi connectivity index (χ3v) is 5.49. The second kappa shape index (κ2) is 8.22. The Balaban J connectivity index is 1.96. The Bertz CT molecular complexity index is 680. The summed E-state index contributed by atoms with van der Waals surface area (Å²) in [5.41, 5.74) is 0.325. The Morgan fingerprint density at radius 2 is 1.79 bits per heavy atom. The molecule has 0 radical (unpaired) electrons. The lowest BCUT2D eigenvalue weighted by Gasteiger charge is -2.26. The van der Waals surface area contributed by atoms with Crippen LogP contribution in [0.15, 0.2) is 29.2 Å². The monoisotopic (exact) mass is 356 g/mol. The standard InChI is InChI=1S/C15H20N2O6S/c18-14(19)2-1-7-16-15(20)12-3-5-13(6-4-12)24(21,22)17-8-10-23-11-9-17/h3-6H,1-2,7-11H2,(H,16,20)(H,18,19). The fourth-order valence-corrected chi connectivity index (χ4v) is 3.67. The highest BCUT2D eigenvalue weighted by atomic mass is 32.2. The van der Waals surface area contributed by atoms with Crippen molar-refractivity contribution >= 4 is 21.9 Å². The molecule has 9 heteroatoms. The van der Waals surface area contributed by atoms with Crippen LogP contribution in [-0.4, -0.2) is 62.6 Å². The van der Waals surface area contributed by atoms with Crippen molar-refractivity contribution in [2.75, 3.05) is 32.8 Å². The maximum atomic E-state index is 12.5. The predicted octanol–water partition coefficient (Wildman–Crippen LogP) is 0.302. The highest BCUT2D eigenvalue weighted by Gasteiger charge is 2.26. The molecule has 1 heterocycles. The second-order valence-electron chi connectivity index (χ2n) is 5.29. The Morgan fingerprint density at radius 1 is 1.17 bits per heavy atom. The summed E-state index contributed by atoms with van der Waals surface area (Å²) >= 11 is 0. The second-order valence-corrected chi connectivity index (χ2v) is 7.23. The molecule has 1 amide bonds. The van der Waals surface area contributed by atoms with Gasteiger partial charge < -0.3 is 15.2 Å². The molecule has 1 aromatic rings. The predicted molar refractivity (Wildman–Crippen MR) is 85.2 cm³/mol. The number of carboxylic acid groups (broad SMARTS) is 1. The molecule has 1 aliphatic rings. The SMILES string of the molecule is O=C(O)CCCNC(=O)c1ccc(S(=O)(=O)N2CCOCC2)cc1. The molecule has 2 N–H and O–H groups in total. The topological polar surface area (TPSA) is 113 Å². The van der Waals surface area contributed by atoms with E-state index < -0.39 is 16.0 Å². The molecule has 132 valence electrons. The Hall–Kier alpha value is -1.97. The number of carbonyl (C=O) groups is 2. The van der Waals surface area contributed by atoms with E-state index in [2.05, 4.69) is 5.32 Å². The summed E-state index contributed by atoms with van der Waals surface area (Å²) < 4.78 is 31.4. The molecule has 1 aliphatic heterocycles. The fourth-order valence-electron chi connectivity index (χ4n) is 2.26. The molecule has 1 fully saturated rings. The van der Waals surface area contributed by atoms with E-state index in [0.29, 0.717) is 38.3 Å². The van der Waals surface area contributed by atoms with E-state index in [1.54, 1.807) is 0 Å². The smallest absolute Gasteiger partial charge is 0.303 e. The number of nitrogens with one attached hydrogen (secondary N) is 1. The van der Waals surface area contributed by atoms with Gasteiger partial charge in [0.25, 0.3) is 5.91 Å². The van der Waals surface area contributed by atoms with Crippen molar-refractivity contribution in [1.82, 2.24) is 9.62 Å². The van der Waals surface area contributed by atoms with Crippen molar-refractivity contribution in [1.29, 1.82) is 0 Å². The summed E-state index contributed by atoms with van der Waals surface area (Å²) in [7, 11) is -3.58. The number of carboxylic acids is 1. The van der Waals surface area contributed by atoms with Crippen LogP contribution in [0.1, 0.15) is 23.2 Å². The van der Waals surface area contributed by atoms with Gasteiger partial charge >= 0.3 is 5.97 Å². The number of morpholine rings is 1. The number of rotatable bonds is 7. The van der Waals surface area contributed by atoms with Gasteiger partial charge in [0.05, 0.1) is 18.1 Å². The lowest BCUT2D eigenvalue weighted by atomic mass is 10.2. The van der Waals surface area contributed by atoms with Crippen LogP contribution in [0.4, 0.5) is 0 Å². The van der Waals surface area contributed by atoms with Gasteiger partial charge in [-0.25, -0.2) is 8.42 Å². The number of hydrogen-bond donors (Lipinski definition) is 2.